The number of fused-ring (bicyclic) bond motifs is 2. The molecule has 0 saturated carbocycles. The van der Waals surface area contributed by atoms with E-state index in [2.05, 4.69) is 10.1 Å². The summed E-state index contributed by atoms with van der Waals surface area (Å²) >= 11 is 1.05. The minimum absolute atomic E-state index is 0.0239. The van der Waals surface area contributed by atoms with Gasteiger partial charge < -0.3 is 16.2 Å². The average Bonchev–Trinajstić information content (AvgIpc) is 3.67. The van der Waals surface area contributed by atoms with Gasteiger partial charge in [0.25, 0.3) is 23.9 Å². The van der Waals surface area contributed by atoms with Crippen molar-refractivity contribution in [1.29, 1.82) is 0 Å². The van der Waals surface area contributed by atoms with Crippen LogP contribution in [0.3, 0.4) is 0 Å². The summed E-state index contributed by atoms with van der Waals surface area (Å²) in [5.74, 6) is -3.62. The van der Waals surface area contributed by atoms with Crippen molar-refractivity contribution in [3.63, 3.8) is 0 Å². The van der Waals surface area contributed by atoms with Crippen LogP contribution in [0.15, 0.2) is 77.9 Å². The molecule has 4 N–H and O–H groups in total. The normalized spacial score (nSPS) is 17.1. The van der Waals surface area contributed by atoms with Gasteiger partial charge in [-0.2, -0.15) is 5.01 Å². The van der Waals surface area contributed by atoms with Crippen molar-refractivity contribution < 1.29 is 32.3 Å². The van der Waals surface area contributed by atoms with E-state index in [-0.39, 0.29) is 16.1 Å². The lowest BCUT2D eigenvalue weighted by molar-refractivity contribution is -0.129. The first-order valence-electron chi connectivity index (χ1n) is 12.8. The van der Waals surface area contributed by atoms with Crippen LogP contribution < -0.4 is 11.5 Å². The Morgan fingerprint density at radius 1 is 0.930 bits per heavy atom. The molecule has 1 aromatic heterocycles. The maximum absolute atomic E-state index is 14.0. The fourth-order valence-electron chi connectivity index (χ4n) is 4.86. The largest absolute Gasteiger partial charge is 0.442 e. The number of hydrogen-bond donors (Lipinski definition) is 2. The highest BCUT2D eigenvalue weighted by Crippen LogP contribution is 2.37. The van der Waals surface area contributed by atoms with E-state index in [1.54, 1.807) is 18.2 Å². The molecule has 0 saturated heterocycles. The fourth-order valence-corrected chi connectivity index (χ4v) is 7.87. The van der Waals surface area contributed by atoms with Crippen molar-refractivity contribution in [1.82, 2.24) is 14.9 Å². The second-order valence-corrected chi connectivity index (χ2v) is 12.9. The summed E-state index contributed by atoms with van der Waals surface area (Å²) in [6, 6.07) is 20.0. The number of thiazole rings is 1. The lowest BCUT2D eigenvalue weighted by Gasteiger charge is -2.18. The van der Waals surface area contributed by atoms with Crippen LogP contribution in [0, 0.1) is 0 Å². The number of nitrogens with two attached hydrogens (primary N) is 2. The van der Waals surface area contributed by atoms with Gasteiger partial charge in [-0.1, -0.05) is 48.5 Å². The predicted molar refractivity (Wildman–Crippen MR) is 156 cm³/mol. The third kappa shape index (κ3) is 4.97. The van der Waals surface area contributed by atoms with E-state index in [0.717, 1.165) is 27.4 Å². The summed E-state index contributed by atoms with van der Waals surface area (Å²) in [6.45, 7) is -0.472. The molecule has 0 radical (unpaired) electrons. The van der Waals surface area contributed by atoms with Gasteiger partial charge in [0.2, 0.25) is 5.90 Å². The summed E-state index contributed by atoms with van der Waals surface area (Å²) in [5.41, 5.74) is 13.3. The molecule has 2 unspecified atom stereocenters. The number of carbonyl (C=O) groups is 4. The van der Waals surface area contributed by atoms with Crippen molar-refractivity contribution in [3.8, 4) is 11.1 Å². The highest BCUT2D eigenvalue weighted by atomic mass is 32.2. The van der Waals surface area contributed by atoms with Gasteiger partial charge in [-0.15, -0.1) is 16.4 Å². The number of primary amides is 2. The van der Waals surface area contributed by atoms with Gasteiger partial charge in [-0.3, -0.25) is 19.3 Å². The number of carbonyl (C=O) groups excluding carboxylic acids is 4. The predicted octanol–water partition coefficient (Wildman–Crippen LogP) is 2.25. The molecule has 2 aliphatic rings. The third-order valence-corrected chi connectivity index (χ3v) is 10.1. The molecule has 2 aliphatic heterocycles. The summed E-state index contributed by atoms with van der Waals surface area (Å²) in [5, 5.41) is 2.66. The van der Waals surface area contributed by atoms with Crippen LogP contribution in [-0.2, 0) is 19.4 Å². The second-order valence-electron chi connectivity index (χ2n) is 9.65. The SMILES string of the molecule is NC(=O)C1OC(C(c2nc3ccc(-c4ccccc4)cc3s2)S(=O)(=O)CCN2C(=O)c3ccccc3C2=O)=NN1C(N)=O. The van der Waals surface area contributed by atoms with Crippen molar-refractivity contribution >= 4 is 61.0 Å². The summed E-state index contributed by atoms with van der Waals surface area (Å²) in [6.07, 6.45) is -1.78. The number of benzene rings is 3. The van der Waals surface area contributed by atoms with Crippen LogP contribution in [0.25, 0.3) is 21.3 Å². The minimum atomic E-state index is -4.37. The van der Waals surface area contributed by atoms with Gasteiger partial charge in [-0.05, 0) is 35.4 Å². The topological polar surface area (TPSA) is 195 Å². The van der Waals surface area contributed by atoms with Crippen LogP contribution in [-0.4, -0.2) is 71.5 Å². The molecular weight excluding hydrogens is 596 g/mol. The zero-order chi connectivity index (χ0) is 30.5. The highest BCUT2D eigenvalue weighted by Gasteiger charge is 2.46. The molecule has 0 fully saturated rings. The number of hydrogen-bond acceptors (Lipinski definition) is 10. The van der Waals surface area contributed by atoms with Gasteiger partial charge in [0, 0.05) is 6.54 Å². The maximum Gasteiger partial charge on any atom is 0.339 e. The summed E-state index contributed by atoms with van der Waals surface area (Å²) in [7, 11) is -4.37. The van der Waals surface area contributed by atoms with Crippen molar-refractivity contribution in [2.24, 2.45) is 16.6 Å². The Hall–Kier alpha value is -5.15. The number of amides is 5. The molecule has 13 nitrogen and oxygen atoms in total. The minimum Gasteiger partial charge on any atom is -0.442 e. The monoisotopic (exact) mass is 618 g/mol. The second kappa shape index (κ2) is 10.6. The number of rotatable bonds is 8. The van der Waals surface area contributed by atoms with Crippen LogP contribution in [0.1, 0.15) is 31.0 Å². The average molecular weight is 619 g/mol. The van der Waals surface area contributed by atoms with Gasteiger partial charge in [0.05, 0.1) is 27.1 Å². The van der Waals surface area contributed by atoms with Gasteiger partial charge in [0.1, 0.15) is 5.01 Å². The molecule has 43 heavy (non-hydrogen) atoms. The van der Waals surface area contributed by atoms with Crippen LogP contribution in [0.2, 0.25) is 0 Å². The van der Waals surface area contributed by atoms with Crippen LogP contribution >= 0.6 is 11.3 Å². The van der Waals surface area contributed by atoms with Crippen LogP contribution in [0.4, 0.5) is 4.79 Å². The van der Waals surface area contributed by atoms with Crippen molar-refractivity contribution in [3.05, 3.63) is 88.9 Å². The Morgan fingerprint density at radius 2 is 1.58 bits per heavy atom. The Balaban J connectivity index is 1.38. The molecule has 0 aliphatic carbocycles. The summed E-state index contributed by atoms with van der Waals surface area (Å²) < 4.78 is 34.1. The first-order valence-corrected chi connectivity index (χ1v) is 15.3. The number of urea groups is 1. The van der Waals surface area contributed by atoms with E-state index in [1.165, 1.54) is 12.1 Å². The zero-order valence-electron chi connectivity index (χ0n) is 22.1. The standard InChI is InChI=1S/C28H22N6O7S2/c29-22(35)27-34(28(30)38)32-23(41-27)21(24-31-19-11-10-16(14-20(19)42-24)15-6-2-1-3-7-15)43(39,40)13-12-33-25(36)17-8-4-5-9-18(17)26(33)37/h1-11,14,21,27H,12-13H2,(H2,29,35)(H2,30,38). The zero-order valence-corrected chi connectivity index (χ0v) is 23.7. The lowest BCUT2D eigenvalue weighted by Crippen LogP contribution is -2.45. The molecular formula is C28H22N6O7S2. The molecule has 0 spiro atoms. The fraction of sp³-hybridized carbons (Fsp3) is 0.143. The molecule has 4 aromatic rings. The van der Waals surface area contributed by atoms with E-state index >= 15 is 0 Å². The molecule has 218 valence electrons. The van der Waals surface area contributed by atoms with Crippen molar-refractivity contribution in [2.45, 2.75) is 11.5 Å². The van der Waals surface area contributed by atoms with E-state index in [0.29, 0.717) is 15.2 Å². The number of sulfone groups is 1. The quantitative estimate of drug-likeness (QED) is 0.280. The van der Waals surface area contributed by atoms with Gasteiger partial charge >= 0.3 is 6.03 Å². The Morgan fingerprint density at radius 3 is 2.19 bits per heavy atom. The first-order chi connectivity index (χ1) is 20.5. The molecule has 3 aromatic carbocycles. The number of imide groups is 1. The number of nitrogens with zero attached hydrogens (tertiary/aromatic N) is 4. The van der Waals surface area contributed by atoms with E-state index in [1.807, 2.05) is 42.5 Å². The maximum atomic E-state index is 14.0. The molecule has 15 heteroatoms. The molecule has 2 atom stereocenters. The Kier molecular flexibility index (Phi) is 6.90. The molecule has 6 rings (SSSR count). The Labute approximate surface area is 248 Å². The van der Waals surface area contributed by atoms with Gasteiger partial charge in [0.15, 0.2) is 15.1 Å². The summed E-state index contributed by atoms with van der Waals surface area (Å²) in [4.78, 5) is 55.1. The Bertz CT molecular complexity index is 1920. The molecule has 0 bridgehead atoms. The third-order valence-electron chi connectivity index (χ3n) is 6.93. The number of aromatic nitrogens is 1. The molecule has 3 heterocycles. The van der Waals surface area contributed by atoms with Gasteiger partial charge in [-0.25, -0.2) is 18.2 Å². The van der Waals surface area contributed by atoms with E-state index in [4.69, 9.17) is 16.2 Å². The van der Waals surface area contributed by atoms with Crippen LogP contribution in [0.5, 0.6) is 0 Å². The highest BCUT2D eigenvalue weighted by molar-refractivity contribution is 7.92. The van der Waals surface area contributed by atoms with E-state index < -0.39 is 63.3 Å². The van der Waals surface area contributed by atoms with Crippen molar-refractivity contribution in [2.75, 3.05) is 12.3 Å². The number of hydrazone groups is 1. The lowest BCUT2D eigenvalue weighted by atomic mass is 10.1. The van der Waals surface area contributed by atoms with E-state index in [9.17, 15) is 27.6 Å². The molecule has 5 amide bonds. The smallest absolute Gasteiger partial charge is 0.339 e. The number of ether oxygens (including phenoxy) is 1. The first kappa shape index (κ1) is 28.0.